The molecule has 0 aliphatic carbocycles. The van der Waals surface area contributed by atoms with Gasteiger partial charge in [0.1, 0.15) is 5.78 Å². The molecule has 0 heterocycles. The Balaban J connectivity index is 4.40. The number of hydrogen-bond donors (Lipinski definition) is 0. The largest absolute Gasteiger partial charge is 0.299 e. The van der Waals surface area contributed by atoms with Crippen molar-refractivity contribution in [2.45, 2.75) is 60.3 Å². The van der Waals surface area contributed by atoms with Crippen LogP contribution in [0, 0.1) is 17.3 Å². The number of carbonyl (C=O) groups is 1. The lowest BCUT2D eigenvalue weighted by molar-refractivity contribution is -0.124. The summed E-state index contributed by atoms with van der Waals surface area (Å²) in [6.07, 6.45) is 5.54. The van der Waals surface area contributed by atoms with Gasteiger partial charge < -0.3 is 0 Å². The second-order valence-corrected chi connectivity index (χ2v) is 6.39. The molecule has 1 heteroatoms. The van der Waals surface area contributed by atoms with E-state index in [1.165, 1.54) is 0 Å². The maximum Gasteiger partial charge on any atom is 0.136 e. The van der Waals surface area contributed by atoms with Gasteiger partial charge in [0, 0.05) is 12.3 Å². The molecule has 0 aromatic carbocycles. The molecular weight excluding hydrogens is 196 g/mol. The van der Waals surface area contributed by atoms with E-state index in [1.54, 1.807) is 0 Å². The number of rotatable bonds is 7. The quantitative estimate of drug-likeness (QED) is 0.577. The van der Waals surface area contributed by atoms with Crippen molar-refractivity contribution in [2.75, 3.05) is 0 Å². The molecular formula is C15H28O. The summed E-state index contributed by atoms with van der Waals surface area (Å²) in [5, 5.41) is 0. The maximum absolute atomic E-state index is 12.1. The van der Waals surface area contributed by atoms with E-state index in [0.717, 1.165) is 25.7 Å². The van der Waals surface area contributed by atoms with Crippen molar-refractivity contribution in [3.8, 4) is 0 Å². The smallest absolute Gasteiger partial charge is 0.136 e. The highest BCUT2D eigenvalue weighted by Crippen LogP contribution is 2.29. The molecule has 0 N–H and O–H groups in total. The van der Waals surface area contributed by atoms with Crippen LogP contribution in [0.5, 0.6) is 0 Å². The Labute approximate surface area is 101 Å². The molecule has 0 saturated carbocycles. The van der Waals surface area contributed by atoms with Crippen LogP contribution in [0.25, 0.3) is 0 Å². The van der Waals surface area contributed by atoms with Crippen molar-refractivity contribution in [1.29, 1.82) is 0 Å². The van der Waals surface area contributed by atoms with Gasteiger partial charge in [-0.05, 0) is 30.6 Å². The zero-order valence-corrected chi connectivity index (χ0v) is 11.7. The Kier molecular flexibility index (Phi) is 6.62. The van der Waals surface area contributed by atoms with Crippen LogP contribution in [0.4, 0.5) is 0 Å². The molecule has 0 aliphatic rings. The molecule has 0 saturated heterocycles. The predicted octanol–water partition coefficient (Wildman–Crippen LogP) is 4.62. The van der Waals surface area contributed by atoms with Gasteiger partial charge >= 0.3 is 0 Å². The van der Waals surface area contributed by atoms with Crippen molar-refractivity contribution < 1.29 is 4.79 Å². The van der Waals surface area contributed by atoms with Crippen molar-refractivity contribution >= 4 is 5.78 Å². The van der Waals surface area contributed by atoms with Crippen LogP contribution in [-0.2, 0) is 4.79 Å². The molecule has 1 atom stereocenters. The van der Waals surface area contributed by atoms with Gasteiger partial charge in [0.15, 0.2) is 0 Å². The number of ketones is 1. The average Bonchev–Trinajstić information content (AvgIpc) is 2.09. The van der Waals surface area contributed by atoms with Crippen LogP contribution in [0.15, 0.2) is 12.7 Å². The molecule has 0 bridgehead atoms. The third kappa shape index (κ3) is 7.67. The molecule has 1 unspecified atom stereocenters. The number of Topliss-reactive ketones (excluding diaryl/α,β-unsaturated/α-hetero) is 1. The normalized spacial score (nSPS) is 13.9. The van der Waals surface area contributed by atoms with E-state index in [4.69, 9.17) is 0 Å². The first-order chi connectivity index (χ1) is 7.26. The second-order valence-electron chi connectivity index (χ2n) is 6.39. The Morgan fingerprint density at radius 1 is 1.31 bits per heavy atom. The summed E-state index contributed by atoms with van der Waals surface area (Å²) < 4.78 is 0. The van der Waals surface area contributed by atoms with Crippen LogP contribution in [0.1, 0.15) is 60.3 Å². The fraction of sp³-hybridized carbons (Fsp3) is 0.800. The van der Waals surface area contributed by atoms with Gasteiger partial charge in [-0.15, -0.1) is 6.58 Å². The number of hydrogen-bond acceptors (Lipinski definition) is 1. The van der Waals surface area contributed by atoms with Crippen molar-refractivity contribution in [1.82, 2.24) is 0 Å². The first-order valence-corrected chi connectivity index (χ1v) is 6.40. The lowest BCUT2D eigenvalue weighted by Crippen LogP contribution is -2.22. The fourth-order valence-electron chi connectivity index (χ4n) is 2.00. The topological polar surface area (TPSA) is 17.1 Å². The zero-order valence-electron chi connectivity index (χ0n) is 11.7. The zero-order chi connectivity index (χ0) is 12.8. The summed E-state index contributed by atoms with van der Waals surface area (Å²) in [7, 11) is 0. The summed E-state index contributed by atoms with van der Waals surface area (Å²) >= 11 is 0. The summed E-state index contributed by atoms with van der Waals surface area (Å²) in [6.45, 7) is 14.6. The molecule has 94 valence electrons. The third-order valence-electron chi connectivity index (χ3n) is 2.64. The van der Waals surface area contributed by atoms with E-state index in [1.807, 2.05) is 6.08 Å². The monoisotopic (exact) mass is 224 g/mol. The molecule has 0 amide bonds. The Bertz CT molecular complexity index is 220. The third-order valence-corrected chi connectivity index (χ3v) is 2.64. The minimum absolute atomic E-state index is 0.223. The van der Waals surface area contributed by atoms with Crippen molar-refractivity contribution in [3.63, 3.8) is 0 Å². The molecule has 0 aromatic rings. The highest BCUT2D eigenvalue weighted by molar-refractivity contribution is 5.81. The Morgan fingerprint density at radius 3 is 2.25 bits per heavy atom. The summed E-state index contributed by atoms with van der Waals surface area (Å²) in [5.41, 5.74) is 0.235. The minimum Gasteiger partial charge on any atom is -0.299 e. The van der Waals surface area contributed by atoms with Crippen molar-refractivity contribution in [3.05, 3.63) is 12.7 Å². The van der Waals surface area contributed by atoms with Crippen LogP contribution in [0.2, 0.25) is 0 Å². The lowest BCUT2D eigenvalue weighted by Gasteiger charge is -2.25. The first-order valence-electron chi connectivity index (χ1n) is 6.40. The second kappa shape index (κ2) is 6.88. The van der Waals surface area contributed by atoms with Gasteiger partial charge in [0.05, 0.1) is 0 Å². The number of carbonyl (C=O) groups excluding carboxylic acids is 1. The molecule has 0 fully saturated rings. The van der Waals surface area contributed by atoms with Gasteiger partial charge in [0.2, 0.25) is 0 Å². The SMILES string of the molecule is C=CCCC(CC(C)(C)C)C(=O)CC(C)C. The van der Waals surface area contributed by atoms with Gasteiger partial charge in [-0.1, -0.05) is 40.7 Å². The van der Waals surface area contributed by atoms with Crippen LogP contribution in [0.3, 0.4) is 0 Å². The maximum atomic E-state index is 12.1. The van der Waals surface area contributed by atoms with E-state index in [2.05, 4.69) is 41.2 Å². The van der Waals surface area contributed by atoms with Gasteiger partial charge in [-0.25, -0.2) is 0 Å². The fourth-order valence-corrected chi connectivity index (χ4v) is 2.00. The van der Waals surface area contributed by atoms with E-state index in [9.17, 15) is 4.79 Å². The van der Waals surface area contributed by atoms with Crippen LogP contribution < -0.4 is 0 Å². The van der Waals surface area contributed by atoms with E-state index >= 15 is 0 Å². The van der Waals surface area contributed by atoms with Gasteiger partial charge in [-0.3, -0.25) is 4.79 Å². The molecule has 0 spiro atoms. The molecule has 0 aromatic heterocycles. The summed E-state index contributed by atoms with van der Waals surface area (Å²) in [4.78, 5) is 12.1. The highest BCUT2D eigenvalue weighted by atomic mass is 16.1. The van der Waals surface area contributed by atoms with Crippen LogP contribution >= 0.6 is 0 Å². The standard InChI is InChI=1S/C15H28O/c1-7-8-9-13(11-15(4,5)6)14(16)10-12(2)3/h7,12-13H,1,8-11H2,2-6H3. The Hall–Kier alpha value is -0.590. The average molecular weight is 224 g/mol. The van der Waals surface area contributed by atoms with Crippen molar-refractivity contribution in [2.24, 2.45) is 17.3 Å². The first kappa shape index (κ1) is 15.4. The highest BCUT2D eigenvalue weighted by Gasteiger charge is 2.24. The van der Waals surface area contributed by atoms with E-state index in [-0.39, 0.29) is 11.3 Å². The molecule has 0 rings (SSSR count). The van der Waals surface area contributed by atoms with E-state index in [0.29, 0.717) is 11.7 Å². The summed E-state index contributed by atoms with van der Waals surface area (Å²) in [6, 6.07) is 0. The molecule has 1 nitrogen and oxygen atoms in total. The lowest BCUT2D eigenvalue weighted by atomic mass is 9.79. The Morgan fingerprint density at radius 2 is 1.88 bits per heavy atom. The predicted molar refractivity (Wildman–Crippen MR) is 71.5 cm³/mol. The summed E-state index contributed by atoms with van der Waals surface area (Å²) in [5.74, 6) is 1.13. The van der Waals surface area contributed by atoms with Crippen LogP contribution in [-0.4, -0.2) is 5.78 Å². The minimum atomic E-state index is 0.223. The van der Waals surface area contributed by atoms with E-state index < -0.39 is 0 Å². The molecule has 0 aliphatic heterocycles. The van der Waals surface area contributed by atoms with Gasteiger partial charge in [-0.2, -0.15) is 0 Å². The molecule has 16 heavy (non-hydrogen) atoms. The van der Waals surface area contributed by atoms with Gasteiger partial charge in [0.25, 0.3) is 0 Å². The molecule has 0 radical (unpaired) electrons. The number of allylic oxidation sites excluding steroid dienone is 1.